The van der Waals surface area contributed by atoms with Crippen molar-refractivity contribution in [3.05, 3.63) is 29.3 Å². The molecular weight excluding hydrogens is 336 g/mol. The number of nitrogens with one attached hydrogen (secondary N) is 1. The van der Waals surface area contributed by atoms with E-state index in [4.69, 9.17) is 11.6 Å². The average molecular weight is 363 g/mol. The molecule has 1 saturated heterocycles. The summed E-state index contributed by atoms with van der Waals surface area (Å²) in [5, 5.41) is 13.0. The van der Waals surface area contributed by atoms with Crippen LogP contribution < -0.4 is 10.2 Å². The Hall–Kier alpha value is -1.77. The molecule has 1 N–H and O–H groups in total. The molecule has 2 unspecified atom stereocenters. The lowest BCUT2D eigenvalue weighted by atomic mass is 9.89. The van der Waals surface area contributed by atoms with Crippen LogP contribution in [0, 0.1) is 17.2 Å². The van der Waals surface area contributed by atoms with Gasteiger partial charge in [0.05, 0.1) is 12.1 Å². The minimum absolute atomic E-state index is 0.0494. The van der Waals surface area contributed by atoms with Gasteiger partial charge in [-0.3, -0.25) is 9.69 Å². The van der Waals surface area contributed by atoms with Crippen LogP contribution in [0.15, 0.2) is 24.3 Å². The Bertz CT molecular complexity index is 649. The smallest absolute Gasteiger partial charge is 0.238 e. The molecule has 0 bridgehead atoms. The SMILES string of the molecule is CC(C(=O)NC(C)(C#N)C(C)C)N1CCN(c2cccc(Cl)c2)CC1. The second-order valence-corrected chi connectivity index (χ2v) is 7.57. The fraction of sp³-hybridized carbons (Fsp3) is 0.579. The predicted octanol–water partition coefficient (Wildman–Crippen LogP) is 2.90. The van der Waals surface area contributed by atoms with Crippen molar-refractivity contribution in [2.45, 2.75) is 39.3 Å². The number of hydrogen-bond acceptors (Lipinski definition) is 4. The highest BCUT2D eigenvalue weighted by molar-refractivity contribution is 6.30. The Morgan fingerprint density at radius 2 is 1.92 bits per heavy atom. The Balaban J connectivity index is 1.93. The van der Waals surface area contributed by atoms with Crippen LogP contribution in [0.3, 0.4) is 0 Å². The van der Waals surface area contributed by atoms with Crippen LogP contribution in [-0.2, 0) is 4.79 Å². The first-order chi connectivity index (χ1) is 11.8. The van der Waals surface area contributed by atoms with E-state index in [2.05, 4.69) is 27.3 Å². The molecule has 0 aliphatic carbocycles. The van der Waals surface area contributed by atoms with E-state index in [0.29, 0.717) is 0 Å². The van der Waals surface area contributed by atoms with Gasteiger partial charge in [-0.1, -0.05) is 31.5 Å². The number of amides is 1. The molecule has 2 atom stereocenters. The van der Waals surface area contributed by atoms with Crippen LogP contribution in [0.2, 0.25) is 5.02 Å². The van der Waals surface area contributed by atoms with Crippen LogP contribution in [0.25, 0.3) is 0 Å². The molecule has 1 fully saturated rings. The van der Waals surface area contributed by atoms with Gasteiger partial charge in [0.1, 0.15) is 5.54 Å². The molecule has 0 spiro atoms. The van der Waals surface area contributed by atoms with Gasteiger partial charge in [-0.25, -0.2) is 0 Å². The van der Waals surface area contributed by atoms with Crippen LogP contribution >= 0.6 is 11.6 Å². The monoisotopic (exact) mass is 362 g/mol. The van der Waals surface area contributed by atoms with Crippen molar-refractivity contribution >= 4 is 23.2 Å². The number of nitriles is 1. The van der Waals surface area contributed by atoms with Gasteiger partial charge in [-0.05, 0) is 38.0 Å². The molecule has 1 aliphatic rings. The van der Waals surface area contributed by atoms with Gasteiger partial charge in [0, 0.05) is 36.9 Å². The molecule has 0 radical (unpaired) electrons. The van der Waals surface area contributed by atoms with E-state index in [1.807, 2.05) is 39.0 Å². The van der Waals surface area contributed by atoms with Crippen molar-refractivity contribution in [3.8, 4) is 6.07 Å². The zero-order chi connectivity index (χ0) is 18.6. The summed E-state index contributed by atoms with van der Waals surface area (Å²) in [6.45, 7) is 10.9. The van der Waals surface area contributed by atoms with Crippen molar-refractivity contribution in [1.82, 2.24) is 10.2 Å². The summed E-state index contributed by atoms with van der Waals surface area (Å²) in [5.74, 6) is -0.0396. The number of carbonyl (C=O) groups excluding carboxylic acids is 1. The maximum Gasteiger partial charge on any atom is 0.238 e. The van der Waals surface area contributed by atoms with Crippen molar-refractivity contribution in [2.75, 3.05) is 31.1 Å². The molecule has 136 valence electrons. The fourth-order valence-electron chi connectivity index (χ4n) is 2.87. The fourth-order valence-corrected chi connectivity index (χ4v) is 3.05. The first-order valence-corrected chi connectivity index (χ1v) is 9.12. The number of piperazine rings is 1. The number of benzene rings is 1. The first kappa shape index (κ1) is 19.6. The quantitative estimate of drug-likeness (QED) is 0.874. The number of rotatable bonds is 5. The Morgan fingerprint density at radius 3 is 2.44 bits per heavy atom. The second kappa shape index (κ2) is 8.07. The summed E-state index contributed by atoms with van der Waals surface area (Å²) in [6, 6.07) is 9.82. The first-order valence-electron chi connectivity index (χ1n) is 8.74. The summed E-state index contributed by atoms with van der Waals surface area (Å²) in [4.78, 5) is 17.0. The van der Waals surface area contributed by atoms with Crippen LogP contribution in [0.5, 0.6) is 0 Å². The largest absolute Gasteiger partial charge is 0.369 e. The van der Waals surface area contributed by atoms with Crippen molar-refractivity contribution in [1.29, 1.82) is 5.26 Å². The van der Waals surface area contributed by atoms with E-state index in [-0.39, 0.29) is 17.9 Å². The zero-order valence-corrected chi connectivity index (χ0v) is 16.2. The lowest BCUT2D eigenvalue weighted by Crippen LogP contribution is -2.58. The molecule has 1 aromatic rings. The average Bonchev–Trinajstić information content (AvgIpc) is 2.60. The maximum absolute atomic E-state index is 12.6. The number of hydrogen-bond donors (Lipinski definition) is 1. The standard InChI is InChI=1S/C19H27ClN4O/c1-14(2)19(4,13-21)22-18(25)15(3)23-8-10-24(11-9-23)17-7-5-6-16(20)12-17/h5-7,12,14-15H,8-11H2,1-4H3,(H,22,25). The molecule has 1 aliphatic heterocycles. The molecule has 1 aromatic carbocycles. The Kier molecular flexibility index (Phi) is 6.31. The van der Waals surface area contributed by atoms with E-state index in [1.165, 1.54) is 0 Å². The highest BCUT2D eigenvalue weighted by Gasteiger charge is 2.33. The van der Waals surface area contributed by atoms with Gasteiger partial charge in [0.2, 0.25) is 5.91 Å². The van der Waals surface area contributed by atoms with Crippen LogP contribution in [-0.4, -0.2) is 48.6 Å². The molecule has 2 rings (SSSR count). The minimum atomic E-state index is -0.839. The predicted molar refractivity (Wildman–Crippen MR) is 102 cm³/mol. The van der Waals surface area contributed by atoms with E-state index in [9.17, 15) is 10.1 Å². The van der Waals surface area contributed by atoms with Gasteiger partial charge in [-0.15, -0.1) is 0 Å². The van der Waals surface area contributed by atoms with E-state index >= 15 is 0 Å². The van der Waals surface area contributed by atoms with Gasteiger partial charge >= 0.3 is 0 Å². The van der Waals surface area contributed by atoms with E-state index in [1.54, 1.807) is 6.92 Å². The molecule has 1 heterocycles. The van der Waals surface area contributed by atoms with Crippen molar-refractivity contribution in [2.24, 2.45) is 5.92 Å². The summed E-state index contributed by atoms with van der Waals surface area (Å²) in [7, 11) is 0. The lowest BCUT2D eigenvalue weighted by Gasteiger charge is -2.39. The third-order valence-corrected chi connectivity index (χ3v) is 5.42. The Morgan fingerprint density at radius 1 is 1.28 bits per heavy atom. The number of anilines is 1. The van der Waals surface area contributed by atoms with Gasteiger partial charge in [0.25, 0.3) is 0 Å². The van der Waals surface area contributed by atoms with Crippen LogP contribution in [0.1, 0.15) is 27.7 Å². The summed E-state index contributed by atoms with van der Waals surface area (Å²) >= 11 is 6.07. The van der Waals surface area contributed by atoms with Crippen molar-refractivity contribution < 1.29 is 4.79 Å². The highest BCUT2D eigenvalue weighted by Crippen LogP contribution is 2.22. The molecule has 0 aromatic heterocycles. The second-order valence-electron chi connectivity index (χ2n) is 7.14. The number of nitrogens with zero attached hydrogens (tertiary/aromatic N) is 3. The molecule has 1 amide bonds. The molecule has 25 heavy (non-hydrogen) atoms. The van der Waals surface area contributed by atoms with Gasteiger partial charge < -0.3 is 10.2 Å². The van der Waals surface area contributed by atoms with E-state index in [0.717, 1.165) is 36.9 Å². The normalized spacial score (nSPS) is 19.2. The number of halogens is 1. The summed E-state index contributed by atoms with van der Waals surface area (Å²) < 4.78 is 0. The topological polar surface area (TPSA) is 59.4 Å². The highest BCUT2D eigenvalue weighted by atomic mass is 35.5. The van der Waals surface area contributed by atoms with E-state index < -0.39 is 5.54 Å². The van der Waals surface area contributed by atoms with Crippen LogP contribution in [0.4, 0.5) is 5.69 Å². The Labute approximate surface area is 155 Å². The minimum Gasteiger partial charge on any atom is -0.369 e. The maximum atomic E-state index is 12.6. The molecule has 5 nitrogen and oxygen atoms in total. The summed E-state index contributed by atoms with van der Waals surface area (Å²) in [6.07, 6.45) is 0. The third kappa shape index (κ3) is 4.65. The molecule has 6 heteroatoms. The molecule has 0 saturated carbocycles. The van der Waals surface area contributed by atoms with Crippen molar-refractivity contribution in [3.63, 3.8) is 0 Å². The van der Waals surface area contributed by atoms with Gasteiger partial charge in [-0.2, -0.15) is 5.26 Å². The third-order valence-electron chi connectivity index (χ3n) is 5.18. The zero-order valence-electron chi connectivity index (χ0n) is 15.4. The number of carbonyl (C=O) groups is 1. The summed E-state index contributed by atoms with van der Waals surface area (Å²) in [5.41, 5.74) is 0.273. The lowest BCUT2D eigenvalue weighted by molar-refractivity contribution is -0.127. The molecular formula is C19H27ClN4O. The van der Waals surface area contributed by atoms with Gasteiger partial charge in [0.15, 0.2) is 0 Å².